The lowest BCUT2D eigenvalue weighted by Gasteiger charge is -2.01. The summed E-state index contributed by atoms with van der Waals surface area (Å²) in [6.45, 7) is 0.398. The minimum absolute atomic E-state index is 0.0896. The number of para-hydroxylation sites is 1. The van der Waals surface area contributed by atoms with Gasteiger partial charge in [0.05, 0.1) is 12.1 Å². The molecule has 3 aromatic rings. The van der Waals surface area contributed by atoms with Crippen molar-refractivity contribution in [2.75, 3.05) is 0 Å². The van der Waals surface area contributed by atoms with E-state index in [4.69, 9.17) is 0 Å². The number of carbonyl (C=O) groups is 1. The Labute approximate surface area is 110 Å². The zero-order chi connectivity index (χ0) is 13.2. The van der Waals surface area contributed by atoms with Crippen molar-refractivity contribution in [2.24, 2.45) is 7.05 Å². The second kappa shape index (κ2) is 4.61. The molecular formula is C14H14N4O. The van der Waals surface area contributed by atoms with Gasteiger partial charge < -0.3 is 14.9 Å². The van der Waals surface area contributed by atoms with Crippen molar-refractivity contribution in [2.45, 2.75) is 6.54 Å². The van der Waals surface area contributed by atoms with Crippen molar-refractivity contribution in [3.05, 3.63) is 54.2 Å². The molecule has 1 aromatic carbocycles. The fourth-order valence-electron chi connectivity index (χ4n) is 2.18. The highest BCUT2D eigenvalue weighted by atomic mass is 16.1. The number of nitrogens with one attached hydrogen (secondary N) is 2. The Kier molecular flexibility index (Phi) is 2.79. The number of aromatic amines is 1. The number of H-pyrrole nitrogens is 1. The molecule has 0 spiro atoms. The average molecular weight is 254 g/mol. The normalized spacial score (nSPS) is 10.8. The average Bonchev–Trinajstić information content (AvgIpc) is 3.05. The van der Waals surface area contributed by atoms with Gasteiger partial charge in [-0.25, -0.2) is 4.98 Å². The number of carbonyl (C=O) groups excluding carboxylic acids is 1. The molecule has 0 saturated carbocycles. The van der Waals surface area contributed by atoms with Gasteiger partial charge in [-0.1, -0.05) is 18.2 Å². The highest BCUT2D eigenvalue weighted by Crippen LogP contribution is 2.20. The first-order chi connectivity index (χ1) is 9.25. The number of aryl methyl sites for hydroxylation is 1. The molecule has 0 saturated heterocycles. The first-order valence-electron chi connectivity index (χ1n) is 6.06. The van der Waals surface area contributed by atoms with Crippen LogP contribution in [-0.4, -0.2) is 20.4 Å². The van der Waals surface area contributed by atoms with Crippen LogP contribution in [0.25, 0.3) is 10.9 Å². The predicted molar refractivity (Wildman–Crippen MR) is 72.7 cm³/mol. The van der Waals surface area contributed by atoms with Crippen LogP contribution in [0.15, 0.2) is 42.9 Å². The fourth-order valence-corrected chi connectivity index (χ4v) is 2.18. The van der Waals surface area contributed by atoms with Crippen molar-refractivity contribution in [1.29, 1.82) is 0 Å². The zero-order valence-corrected chi connectivity index (χ0v) is 10.6. The number of hydrogen-bond acceptors (Lipinski definition) is 2. The predicted octanol–water partition coefficient (Wildman–Crippen LogP) is 1.83. The van der Waals surface area contributed by atoms with Gasteiger partial charge in [-0.05, 0) is 6.07 Å². The molecule has 2 N–H and O–H groups in total. The van der Waals surface area contributed by atoms with Gasteiger partial charge in [0.15, 0.2) is 0 Å². The van der Waals surface area contributed by atoms with Crippen LogP contribution in [0.2, 0.25) is 0 Å². The van der Waals surface area contributed by atoms with Gasteiger partial charge in [-0.2, -0.15) is 0 Å². The number of fused-ring (bicyclic) bond motifs is 1. The van der Waals surface area contributed by atoms with Gasteiger partial charge in [-0.15, -0.1) is 0 Å². The number of rotatable bonds is 3. The topological polar surface area (TPSA) is 62.7 Å². The van der Waals surface area contributed by atoms with Gasteiger partial charge in [-0.3, -0.25) is 4.79 Å². The van der Waals surface area contributed by atoms with Crippen molar-refractivity contribution in [3.63, 3.8) is 0 Å². The van der Waals surface area contributed by atoms with Crippen molar-refractivity contribution >= 4 is 16.8 Å². The van der Waals surface area contributed by atoms with Crippen LogP contribution in [-0.2, 0) is 13.6 Å². The van der Waals surface area contributed by atoms with Crippen molar-refractivity contribution in [3.8, 4) is 0 Å². The van der Waals surface area contributed by atoms with E-state index in [9.17, 15) is 4.79 Å². The Morgan fingerprint density at radius 3 is 3.05 bits per heavy atom. The van der Waals surface area contributed by atoms with Crippen LogP contribution in [0.5, 0.6) is 0 Å². The second-order valence-corrected chi connectivity index (χ2v) is 4.39. The van der Waals surface area contributed by atoms with Gasteiger partial charge in [0.25, 0.3) is 5.91 Å². The molecule has 0 atom stereocenters. The first kappa shape index (κ1) is 11.5. The smallest absolute Gasteiger partial charge is 0.253 e. The lowest BCUT2D eigenvalue weighted by Crippen LogP contribution is -2.23. The molecular weight excluding hydrogens is 240 g/mol. The number of nitrogens with zero attached hydrogens (tertiary/aromatic N) is 2. The maximum Gasteiger partial charge on any atom is 0.253 e. The highest BCUT2D eigenvalue weighted by Gasteiger charge is 2.13. The first-order valence-corrected chi connectivity index (χ1v) is 6.06. The Balaban J connectivity index is 1.85. The summed E-state index contributed by atoms with van der Waals surface area (Å²) in [7, 11) is 1.94. The van der Waals surface area contributed by atoms with Gasteiger partial charge in [0, 0.05) is 36.5 Å². The summed E-state index contributed by atoms with van der Waals surface area (Å²) >= 11 is 0. The van der Waals surface area contributed by atoms with E-state index < -0.39 is 0 Å². The van der Waals surface area contributed by atoms with Crippen molar-refractivity contribution in [1.82, 2.24) is 19.9 Å². The van der Waals surface area contributed by atoms with Crippen molar-refractivity contribution < 1.29 is 4.79 Å². The van der Waals surface area contributed by atoms with E-state index in [-0.39, 0.29) is 5.91 Å². The van der Waals surface area contributed by atoms with Crippen LogP contribution < -0.4 is 5.32 Å². The van der Waals surface area contributed by atoms with Crippen LogP contribution in [0, 0.1) is 0 Å². The third-order valence-corrected chi connectivity index (χ3v) is 3.11. The molecule has 2 heterocycles. The number of benzene rings is 1. The summed E-state index contributed by atoms with van der Waals surface area (Å²) in [5.41, 5.74) is 1.73. The van der Waals surface area contributed by atoms with E-state index in [1.807, 2.05) is 42.1 Å². The van der Waals surface area contributed by atoms with Gasteiger partial charge in [0.2, 0.25) is 0 Å². The maximum atomic E-state index is 12.2. The Hall–Kier alpha value is -2.56. The molecule has 3 rings (SSSR count). The summed E-state index contributed by atoms with van der Waals surface area (Å²) in [5, 5.41) is 3.82. The highest BCUT2D eigenvalue weighted by molar-refractivity contribution is 6.06. The quantitative estimate of drug-likeness (QED) is 0.749. The summed E-state index contributed by atoms with van der Waals surface area (Å²) in [5.74, 6) is 0.654. The van der Waals surface area contributed by atoms with Crippen LogP contribution >= 0.6 is 0 Å². The molecule has 0 aliphatic heterocycles. The minimum Gasteiger partial charge on any atom is -0.350 e. The molecule has 5 heteroatoms. The molecule has 1 amide bonds. The summed E-state index contributed by atoms with van der Waals surface area (Å²) < 4.78 is 1.96. The number of aromatic nitrogens is 3. The number of imidazole rings is 1. The van der Waals surface area contributed by atoms with E-state index in [2.05, 4.69) is 15.3 Å². The lowest BCUT2D eigenvalue weighted by molar-refractivity contribution is 0.0951. The lowest BCUT2D eigenvalue weighted by atomic mass is 10.1. The third-order valence-electron chi connectivity index (χ3n) is 3.11. The molecule has 19 heavy (non-hydrogen) atoms. The summed E-state index contributed by atoms with van der Waals surface area (Å²) in [6, 6.07) is 7.86. The SMILES string of the molecule is Cn1cc(C(=O)NCc2ncc[nH]2)c2ccccc21. The Morgan fingerprint density at radius 1 is 1.42 bits per heavy atom. The fraction of sp³-hybridized carbons (Fsp3) is 0.143. The van der Waals surface area contributed by atoms with E-state index in [0.717, 1.165) is 16.7 Å². The Morgan fingerprint density at radius 2 is 2.26 bits per heavy atom. The molecule has 0 bridgehead atoms. The molecule has 96 valence electrons. The van der Waals surface area contributed by atoms with Crippen LogP contribution in [0.1, 0.15) is 16.2 Å². The van der Waals surface area contributed by atoms with Gasteiger partial charge >= 0.3 is 0 Å². The standard InChI is InChI=1S/C14H14N4O/c1-18-9-11(10-4-2-3-5-12(10)18)14(19)17-8-13-15-6-7-16-13/h2-7,9H,8H2,1H3,(H,15,16)(H,17,19). The zero-order valence-electron chi connectivity index (χ0n) is 10.6. The Bertz CT molecular complexity index is 712. The van der Waals surface area contributed by atoms with E-state index in [1.165, 1.54) is 0 Å². The maximum absolute atomic E-state index is 12.2. The second-order valence-electron chi connectivity index (χ2n) is 4.39. The van der Waals surface area contributed by atoms with Crippen LogP contribution in [0.3, 0.4) is 0 Å². The van der Waals surface area contributed by atoms with Gasteiger partial charge in [0.1, 0.15) is 5.82 Å². The minimum atomic E-state index is -0.0896. The molecule has 0 fully saturated rings. The summed E-state index contributed by atoms with van der Waals surface area (Å²) in [4.78, 5) is 19.2. The number of amides is 1. The van der Waals surface area contributed by atoms with Crippen LogP contribution in [0.4, 0.5) is 0 Å². The molecule has 0 aliphatic carbocycles. The monoisotopic (exact) mass is 254 g/mol. The molecule has 5 nitrogen and oxygen atoms in total. The molecule has 0 unspecified atom stereocenters. The van der Waals surface area contributed by atoms with E-state index in [0.29, 0.717) is 12.1 Å². The van der Waals surface area contributed by atoms with E-state index >= 15 is 0 Å². The number of hydrogen-bond donors (Lipinski definition) is 2. The largest absolute Gasteiger partial charge is 0.350 e. The van der Waals surface area contributed by atoms with E-state index in [1.54, 1.807) is 12.4 Å². The molecule has 0 radical (unpaired) electrons. The molecule has 2 aromatic heterocycles. The molecule has 0 aliphatic rings. The summed E-state index contributed by atoms with van der Waals surface area (Å²) in [6.07, 6.45) is 5.25. The third kappa shape index (κ3) is 2.10.